The standard InChI is InChI=1S/C31H43N/c1-7-10-16-26(4)27(9-3)17-15-25-32(29-18-13-12-14-19-29)30-22-20-28(21-23-30)31(5,6)24-11-8-2/h9,12-15,17-23,25-26H,3,7-8,10-11,16,24H2,1-2,4-6H3/b25-15+,27-17+. The third kappa shape index (κ3) is 7.55. The van der Waals surface area contributed by atoms with Crippen LogP contribution in [-0.2, 0) is 5.41 Å². The van der Waals surface area contributed by atoms with Crippen LogP contribution in [0.2, 0.25) is 0 Å². The molecule has 0 radical (unpaired) electrons. The van der Waals surface area contributed by atoms with E-state index in [4.69, 9.17) is 0 Å². The van der Waals surface area contributed by atoms with E-state index in [0.29, 0.717) is 5.92 Å². The van der Waals surface area contributed by atoms with Crippen molar-refractivity contribution < 1.29 is 0 Å². The highest BCUT2D eigenvalue weighted by Crippen LogP contribution is 2.32. The largest absolute Gasteiger partial charge is 0.317 e. The Morgan fingerprint density at radius 3 is 2.16 bits per heavy atom. The molecule has 2 aromatic carbocycles. The van der Waals surface area contributed by atoms with E-state index in [1.165, 1.54) is 55.3 Å². The van der Waals surface area contributed by atoms with E-state index >= 15 is 0 Å². The zero-order valence-electron chi connectivity index (χ0n) is 21.0. The molecule has 1 heteroatoms. The molecule has 2 aromatic rings. The highest BCUT2D eigenvalue weighted by molar-refractivity contribution is 5.66. The summed E-state index contributed by atoms with van der Waals surface area (Å²) in [6.07, 6.45) is 16.0. The fourth-order valence-electron chi connectivity index (χ4n) is 4.10. The Hall–Kier alpha value is -2.54. The van der Waals surface area contributed by atoms with Gasteiger partial charge in [-0.1, -0.05) is 109 Å². The summed E-state index contributed by atoms with van der Waals surface area (Å²) >= 11 is 0. The molecule has 1 nitrogen and oxygen atoms in total. The minimum atomic E-state index is 0.207. The molecule has 32 heavy (non-hydrogen) atoms. The van der Waals surface area contributed by atoms with Crippen LogP contribution in [0.4, 0.5) is 11.4 Å². The Kier molecular flexibility index (Phi) is 10.5. The maximum absolute atomic E-state index is 4.04. The van der Waals surface area contributed by atoms with Crippen molar-refractivity contribution in [2.75, 3.05) is 4.90 Å². The fraction of sp³-hybridized carbons (Fsp3) is 0.419. The summed E-state index contributed by atoms with van der Waals surface area (Å²) in [5.74, 6) is 0.534. The van der Waals surface area contributed by atoms with Gasteiger partial charge in [0.2, 0.25) is 0 Å². The Balaban J connectivity index is 2.30. The first kappa shape index (κ1) is 25.7. The Morgan fingerprint density at radius 2 is 1.56 bits per heavy atom. The average Bonchev–Trinajstić information content (AvgIpc) is 2.82. The number of allylic oxidation sites excluding steroid dienone is 4. The minimum Gasteiger partial charge on any atom is -0.317 e. The maximum atomic E-state index is 4.04. The van der Waals surface area contributed by atoms with Crippen LogP contribution in [0.1, 0.15) is 78.7 Å². The van der Waals surface area contributed by atoms with Crippen LogP contribution < -0.4 is 4.90 Å². The van der Waals surface area contributed by atoms with Gasteiger partial charge < -0.3 is 4.90 Å². The summed E-state index contributed by atoms with van der Waals surface area (Å²) in [5, 5.41) is 0. The summed E-state index contributed by atoms with van der Waals surface area (Å²) in [7, 11) is 0. The van der Waals surface area contributed by atoms with Crippen molar-refractivity contribution in [3.8, 4) is 0 Å². The van der Waals surface area contributed by atoms with Crippen LogP contribution in [0.25, 0.3) is 0 Å². The lowest BCUT2D eigenvalue weighted by atomic mass is 9.80. The molecule has 1 atom stereocenters. The van der Waals surface area contributed by atoms with E-state index in [1.807, 2.05) is 6.08 Å². The van der Waals surface area contributed by atoms with Crippen molar-refractivity contribution in [3.63, 3.8) is 0 Å². The summed E-state index contributed by atoms with van der Waals surface area (Å²) in [6, 6.07) is 19.7. The molecule has 0 fully saturated rings. The second kappa shape index (κ2) is 13.1. The van der Waals surface area contributed by atoms with Crippen LogP contribution >= 0.6 is 0 Å². The molecule has 0 aliphatic carbocycles. The summed E-state index contributed by atoms with van der Waals surface area (Å²) in [5.41, 5.74) is 5.25. The molecule has 2 rings (SSSR count). The predicted octanol–water partition coefficient (Wildman–Crippen LogP) is 9.74. The molecule has 0 amide bonds. The van der Waals surface area contributed by atoms with Crippen LogP contribution in [-0.4, -0.2) is 0 Å². The van der Waals surface area contributed by atoms with E-state index in [0.717, 1.165) is 5.69 Å². The highest BCUT2D eigenvalue weighted by atomic mass is 15.1. The van der Waals surface area contributed by atoms with Gasteiger partial charge in [-0.15, -0.1) is 0 Å². The van der Waals surface area contributed by atoms with E-state index in [-0.39, 0.29) is 5.41 Å². The van der Waals surface area contributed by atoms with Gasteiger partial charge >= 0.3 is 0 Å². The number of rotatable bonds is 13. The molecule has 0 bridgehead atoms. The van der Waals surface area contributed by atoms with Gasteiger partial charge in [-0.2, -0.15) is 0 Å². The van der Waals surface area contributed by atoms with Crippen molar-refractivity contribution in [2.45, 2.75) is 78.6 Å². The molecule has 0 saturated carbocycles. The first-order chi connectivity index (χ1) is 15.4. The third-order valence-electron chi connectivity index (χ3n) is 6.44. The number of unbranched alkanes of at least 4 members (excludes halogenated alkanes) is 2. The lowest BCUT2D eigenvalue weighted by molar-refractivity contribution is 0.458. The summed E-state index contributed by atoms with van der Waals surface area (Å²) < 4.78 is 0. The summed E-state index contributed by atoms with van der Waals surface area (Å²) in [4.78, 5) is 2.26. The molecule has 0 spiro atoms. The SMILES string of the molecule is C=C/C(=C\C=C\N(c1ccccc1)c1ccc(C(C)(C)CCCC)cc1)C(C)CCCC. The van der Waals surface area contributed by atoms with Crippen LogP contribution in [0.15, 0.2) is 91.2 Å². The number of benzene rings is 2. The van der Waals surface area contributed by atoms with Crippen molar-refractivity contribution >= 4 is 11.4 Å². The fourth-order valence-corrected chi connectivity index (χ4v) is 4.10. The second-order valence-electron chi connectivity index (χ2n) is 9.50. The van der Waals surface area contributed by atoms with Crippen LogP contribution in [0.5, 0.6) is 0 Å². The number of anilines is 2. The van der Waals surface area contributed by atoms with Gasteiger partial charge in [0, 0.05) is 17.6 Å². The molecule has 0 aliphatic rings. The Labute approximate surface area is 197 Å². The highest BCUT2D eigenvalue weighted by Gasteiger charge is 2.20. The van der Waals surface area contributed by atoms with Gasteiger partial charge in [0.1, 0.15) is 0 Å². The molecule has 1 unspecified atom stereocenters. The zero-order chi connectivity index (χ0) is 23.4. The van der Waals surface area contributed by atoms with Gasteiger partial charge in [-0.05, 0) is 65.7 Å². The van der Waals surface area contributed by atoms with Crippen molar-refractivity contribution in [3.05, 3.63) is 96.7 Å². The van der Waals surface area contributed by atoms with E-state index < -0.39 is 0 Å². The Bertz CT molecular complexity index is 855. The van der Waals surface area contributed by atoms with Crippen LogP contribution in [0.3, 0.4) is 0 Å². The number of para-hydroxylation sites is 1. The van der Waals surface area contributed by atoms with Gasteiger partial charge in [0.25, 0.3) is 0 Å². The molecule has 172 valence electrons. The second-order valence-corrected chi connectivity index (χ2v) is 9.50. The normalized spacial score (nSPS) is 13.3. The van der Waals surface area contributed by atoms with Crippen molar-refractivity contribution in [1.82, 2.24) is 0 Å². The smallest absolute Gasteiger partial charge is 0.0455 e. The maximum Gasteiger partial charge on any atom is 0.0455 e. The van der Waals surface area contributed by atoms with Crippen LogP contribution in [0, 0.1) is 5.92 Å². The quantitative estimate of drug-likeness (QED) is 0.286. The van der Waals surface area contributed by atoms with Gasteiger partial charge in [0.05, 0.1) is 0 Å². The lowest BCUT2D eigenvalue weighted by Gasteiger charge is -2.27. The van der Waals surface area contributed by atoms with Gasteiger partial charge in [0.15, 0.2) is 0 Å². The first-order valence-electron chi connectivity index (χ1n) is 12.4. The minimum absolute atomic E-state index is 0.207. The molecular formula is C31H43N. The topological polar surface area (TPSA) is 3.24 Å². The molecule has 0 heterocycles. The van der Waals surface area contributed by atoms with Gasteiger partial charge in [-0.3, -0.25) is 0 Å². The third-order valence-corrected chi connectivity index (χ3v) is 6.44. The average molecular weight is 430 g/mol. The van der Waals surface area contributed by atoms with E-state index in [9.17, 15) is 0 Å². The summed E-state index contributed by atoms with van der Waals surface area (Å²) in [6.45, 7) is 15.6. The molecule has 0 N–H and O–H groups in total. The number of hydrogen-bond acceptors (Lipinski definition) is 1. The monoisotopic (exact) mass is 429 g/mol. The number of hydrogen-bond donors (Lipinski definition) is 0. The molecule has 0 aliphatic heterocycles. The molecule has 0 saturated heterocycles. The van der Waals surface area contributed by atoms with E-state index in [2.05, 4.69) is 119 Å². The molecule has 0 aromatic heterocycles. The molecular weight excluding hydrogens is 386 g/mol. The van der Waals surface area contributed by atoms with Crippen molar-refractivity contribution in [2.24, 2.45) is 5.92 Å². The van der Waals surface area contributed by atoms with E-state index in [1.54, 1.807) is 0 Å². The van der Waals surface area contributed by atoms with Crippen molar-refractivity contribution in [1.29, 1.82) is 0 Å². The first-order valence-corrected chi connectivity index (χ1v) is 12.4. The van der Waals surface area contributed by atoms with Gasteiger partial charge in [-0.25, -0.2) is 0 Å². The predicted molar refractivity (Wildman–Crippen MR) is 144 cm³/mol. The number of nitrogens with zero attached hydrogens (tertiary/aromatic N) is 1. The lowest BCUT2D eigenvalue weighted by Crippen LogP contribution is -2.17. The zero-order valence-corrected chi connectivity index (χ0v) is 21.0. The Morgan fingerprint density at radius 1 is 0.938 bits per heavy atom.